The number of amides is 1. The molecular formula is C21H24FNO2. The maximum Gasteiger partial charge on any atom is 0.223 e. The van der Waals surface area contributed by atoms with E-state index in [0.717, 1.165) is 31.2 Å². The van der Waals surface area contributed by atoms with Crippen molar-refractivity contribution in [2.45, 2.75) is 25.7 Å². The smallest absolute Gasteiger partial charge is 0.223 e. The first-order valence-electron chi connectivity index (χ1n) is 8.93. The lowest BCUT2D eigenvalue weighted by Gasteiger charge is -2.21. The fraction of sp³-hybridized carbons (Fsp3) is 0.381. The van der Waals surface area contributed by atoms with Gasteiger partial charge in [-0.05, 0) is 42.9 Å². The fourth-order valence-corrected chi connectivity index (χ4v) is 3.15. The zero-order valence-electron chi connectivity index (χ0n) is 14.3. The van der Waals surface area contributed by atoms with E-state index in [1.54, 1.807) is 12.1 Å². The van der Waals surface area contributed by atoms with Crippen LogP contribution in [0.15, 0.2) is 48.5 Å². The van der Waals surface area contributed by atoms with Gasteiger partial charge in [-0.25, -0.2) is 4.39 Å². The van der Waals surface area contributed by atoms with Crippen LogP contribution < -0.4 is 5.32 Å². The molecule has 0 aliphatic carbocycles. The molecule has 2 aromatic carbocycles. The summed E-state index contributed by atoms with van der Waals surface area (Å²) in [4.78, 5) is 12.0. The average Bonchev–Trinajstić information content (AvgIpc) is 2.67. The molecule has 0 bridgehead atoms. The van der Waals surface area contributed by atoms with Crippen LogP contribution >= 0.6 is 0 Å². The van der Waals surface area contributed by atoms with E-state index >= 15 is 0 Å². The van der Waals surface area contributed by atoms with Gasteiger partial charge >= 0.3 is 0 Å². The van der Waals surface area contributed by atoms with Crippen molar-refractivity contribution in [2.24, 2.45) is 5.92 Å². The van der Waals surface area contributed by atoms with E-state index in [9.17, 15) is 9.18 Å². The minimum atomic E-state index is -0.203. The summed E-state index contributed by atoms with van der Waals surface area (Å²) >= 11 is 0. The van der Waals surface area contributed by atoms with Crippen LogP contribution in [0, 0.1) is 11.7 Å². The van der Waals surface area contributed by atoms with Crippen LogP contribution in [0.2, 0.25) is 0 Å². The van der Waals surface area contributed by atoms with E-state index < -0.39 is 0 Å². The van der Waals surface area contributed by atoms with Gasteiger partial charge in [-0.2, -0.15) is 0 Å². The van der Waals surface area contributed by atoms with Crippen LogP contribution in [0.3, 0.4) is 0 Å². The number of benzene rings is 2. The lowest BCUT2D eigenvalue weighted by molar-refractivity contribution is -0.127. The minimum absolute atomic E-state index is 0.105. The Kier molecular flexibility index (Phi) is 6.18. The summed E-state index contributed by atoms with van der Waals surface area (Å²) < 4.78 is 19.1. The second-order valence-electron chi connectivity index (χ2n) is 6.46. The van der Waals surface area contributed by atoms with Gasteiger partial charge in [-0.3, -0.25) is 4.79 Å². The third-order valence-corrected chi connectivity index (χ3v) is 4.67. The molecule has 0 spiro atoms. The number of carbonyl (C=O) groups excluding carboxylic acids is 1. The maximum atomic E-state index is 13.8. The summed E-state index contributed by atoms with van der Waals surface area (Å²) in [6, 6.07) is 14.8. The molecule has 0 atom stereocenters. The van der Waals surface area contributed by atoms with Crippen LogP contribution in [-0.2, 0) is 16.0 Å². The third kappa shape index (κ3) is 4.89. The van der Waals surface area contributed by atoms with Crippen LogP contribution in [0.25, 0.3) is 11.1 Å². The Balaban J connectivity index is 1.44. The van der Waals surface area contributed by atoms with Gasteiger partial charge in [0.15, 0.2) is 0 Å². The lowest BCUT2D eigenvalue weighted by atomic mass is 9.99. The van der Waals surface area contributed by atoms with Crippen LogP contribution in [0.1, 0.15) is 24.8 Å². The third-order valence-electron chi connectivity index (χ3n) is 4.67. The zero-order valence-corrected chi connectivity index (χ0v) is 14.3. The van der Waals surface area contributed by atoms with Crippen molar-refractivity contribution >= 4 is 5.91 Å². The molecule has 25 heavy (non-hydrogen) atoms. The molecule has 3 rings (SSSR count). The molecule has 1 heterocycles. The summed E-state index contributed by atoms with van der Waals surface area (Å²) in [5.41, 5.74) is 2.70. The summed E-state index contributed by atoms with van der Waals surface area (Å²) in [6.45, 7) is 2.06. The van der Waals surface area contributed by atoms with E-state index in [1.165, 1.54) is 11.6 Å². The molecule has 1 amide bonds. The van der Waals surface area contributed by atoms with Gasteiger partial charge in [0.25, 0.3) is 0 Å². The summed E-state index contributed by atoms with van der Waals surface area (Å²) in [5, 5.41) is 3.02. The van der Waals surface area contributed by atoms with E-state index in [-0.39, 0.29) is 17.6 Å². The summed E-state index contributed by atoms with van der Waals surface area (Å²) in [6.07, 6.45) is 3.44. The second-order valence-corrected chi connectivity index (χ2v) is 6.46. The molecule has 4 heteroatoms. The number of carbonyl (C=O) groups is 1. The highest BCUT2D eigenvalue weighted by Gasteiger charge is 2.20. The summed E-state index contributed by atoms with van der Waals surface area (Å²) in [7, 11) is 0. The Morgan fingerprint density at radius 2 is 1.80 bits per heavy atom. The van der Waals surface area contributed by atoms with Crippen molar-refractivity contribution in [1.29, 1.82) is 0 Å². The molecule has 0 unspecified atom stereocenters. The molecule has 0 radical (unpaired) electrons. The molecule has 1 aliphatic heterocycles. The molecular weight excluding hydrogens is 317 g/mol. The minimum Gasteiger partial charge on any atom is -0.381 e. The van der Waals surface area contributed by atoms with E-state index in [0.29, 0.717) is 25.3 Å². The SMILES string of the molecule is O=C(NCCCc1ccc(-c2ccccc2F)cc1)C1CCOCC1. The van der Waals surface area contributed by atoms with E-state index in [4.69, 9.17) is 4.74 Å². The predicted molar refractivity (Wildman–Crippen MR) is 96.7 cm³/mol. The highest BCUT2D eigenvalue weighted by atomic mass is 19.1. The van der Waals surface area contributed by atoms with Crippen molar-refractivity contribution < 1.29 is 13.9 Å². The van der Waals surface area contributed by atoms with Gasteiger partial charge in [0.1, 0.15) is 5.82 Å². The van der Waals surface area contributed by atoms with Crippen molar-refractivity contribution in [3.63, 3.8) is 0 Å². The first kappa shape index (κ1) is 17.6. The quantitative estimate of drug-likeness (QED) is 0.808. The molecule has 3 nitrogen and oxygen atoms in total. The molecule has 0 aromatic heterocycles. The molecule has 0 saturated carbocycles. The molecule has 1 N–H and O–H groups in total. The van der Waals surface area contributed by atoms with Crippen LogP contribution in [0.5, 0.6) is 0 Å². The van der Waals surface area contributed by atoms with Crippen molar-refractivity contribution in [3.05, 3.63) is 59.9 Å². The monoisotopic (exact) mass is 341 g/mol. The fourth-order valence-electron chi connectivity index (χ4n) is 3.15. The zero-order chi connectivity index (χ0) is 17.5. The number of halogens is 1. The Hall–Kier alpha value is -2.20. The maximum absolute atomic E-state index is 13.8. The average molecular weight is 341 g/mol. The molecule has 1 aliphatic rings. The number of nitrogens with one attached hydrogen (secondary N) is 1. The number of ether oxygens (including phenoxy) is 1. The largest absolute Gasteiger partial charge is 0.381 e. The Labute approximate surface area is 148 Å². The number of hydrogen-bond donors (Lipinski definition) is 1. The predicted octanol–water partition coefficient (Wildman–Crippen LogP) is 3.97. The van der Waals surface area contributed by atoms with Crippen molar-refractivity contribution in [2.75, 3.05) is 19.8 Å². The van der Waals surface area contributed by atoms with Gasteiger partial charge in [-0.1, -0.05) is 42.5 Å². The Morgan fingerprint density at radius 3 is 2.52 bits per heavy atom. The molecule has 1 fully saturated rings. The first-order chi connectivity index (χ1) is 12.2. The lowest BCUT2D eigenvalue weighted by Crippen LogP contribution is -2.34. The number of rotatable bonds is 6. The standard InChI is InChI=1S/C21H24FNO2/c22-20-6-2-1-5-19(20)17-9-7-16(8-10-17)4-3-13-23-21(24)18-11-14-25-15-12-18/h1-2,5-10,18H,3-4,11-15H2,(H,23,24). The second kappa shape index (κ2) is 8.77. The molecule has 1 saturated heterocycles. The van der Waals surface area contributed by atoms with Gasteiger partial charge in [-0.15, -0.1) is 0 Å². The Bertz CT molecular complexity index is 693. The van der Waals surface area contributed by atoms with Gasteiger partial charge < -0.3 is 10.1 Å². The topological polar surface area (TPSA) is 38.3 Å². The molecule has 2 aromatic rings. The normalized spacial score (nSPS) is 15.1. The first-order valence-corrected chi connectivity index (χ1v) is 8.93. The Morgan fingerprint density at radius 1 is 1.08 bits per heavy atom. The van der Waals surface area contributed by atoms with Crippen molar-refractivity contribution in [3.8, 4) is 11.1 Å². The van der Waals surface area contributed by atoms with Gasteiger partial charge in [0.05, 0.1) is 0 Å². The van der Waals surface area contributed by atoms with Gasteiger partial charge in [0, 0.05) is 31.2 Å². The highest BCUT2D eigenvalue weighted by Crippen LogP contribution is 2.23. The summed E-state index contributed by atoms with van der Waals surface area (Å²) in [5.74, 6) is 0.0538. The molecule has 132 valence electrons. The number of hydrogen-bond acceptors (Lipinski definition) is 2. The van der Waals surface area contributed by atoms with Crippen LogP contribution in [0.4, 0.5) is 4.39 Å². The number of aryl methyl sites for hydroxylation is 1. The van der Waals surface area contributed by atoms with E-state index in [2.05, 4.69) is 5.32 Å². The van der Waals surface area contributed by atoms with Crippen LogP contribution in [-0.4, -0.2) is 25.7 Å². The van der Waals surface area contributed by atoms with Gasteiger partial charge in [0.2, 0.25) is 5.91 Å². The highest BCUT2D eigenvalue weighted by molar-refractivity contribution is 5.78. The van der Waals surface area contributed by atoms with E-state index in [1.807, 2.05) is 30.3 Å². The van der Waals surface area contributed by atoms with Crippen molar-refractivity contribution in [1.82, 2.24) is 5.32 Å².